The molecule has 0 unspecified atom stereocenters. The van der Waals surface area contributed by atoms with Gasteiger partial charge in [0.1, 0.15) is 12.4 Å². The first-order valence-electron chi connectivity index (χ1n) is 6.95. The largest absolute Gasteiger partial charge is 0.286 e. The molecule has 1 aromatic heterocycles. The highest BCUT2D eigenvalue weighted by Gasteiger charge is 2.12. The van der Waals surface area contributed by atoms with Gasteiger partial charge in [-0.2, -0.15) is 0 Å². The lowest BCUT2D eigenvalue weighted by Crippen LogP contribution is -2.33. The summed E-state index contributed by atoms with van der Waals surface area (Å²) in [6.07, 6.45) is 9.38. The molecule has 1 N–H and O–H groups in total. The van der Waals surface area contributed by atoms with E-state index in [1.807, 2.05) is 6.20 Å². The topological polar surface area (TPSA) is 19.7 Å². The predicted octanol–water partition coefficient (Wildman–Crippen LogP) is 3.86. The van der Waals surface area contributed by atoms with Crippen LogP contribution in [0.1, 0.15) is 38.2 Å². The fraction of sp³-hybridized carbons (Fsp3) is 0.438. The van der Waals surface area contributed by atoms with E-state index in [4.69, 9.17) is 0 Å². The Morgan fingerprint density at radius 3 is 2.56 bits per heavy atom. The van der Waals surface area contributed by atoms with Gasteiger partial charge in [-0.3, -0.25) is 0 Å². The lowest BCUT2D eigenvalue weighted by Gasteiger charge is -2.01. The molecule has 0 atom stereocenters. The second kappa shape index (κ2) is 6.39. The molecule has 0 aliphatic heterocycles. The van der Waals surface area contributed by atoms with Crippen LogP contribution in [0.4, 0.5) is 0 Å². The molecule has 1 heterocycles. The molecule has 0 aliphatic rings. The Bertz CT molecular complexity index is 468. The van der Waals surface area contributed by atoms with E-state index in [0.29, 0.717) is 0 Å². The van der Waals surface area contributed by atoms with Gasteiger partial charge in [-0.1, -0.05) is 37.5 Å². The van der Waals surface area contributed by atoms with Gasteiger partial charge in [-0.15, -0.1) is 0 Å². The first-order valence-corrected chi connectivity index (χ1v) is 6.95. The highest BCUT2D eigenvalue weighted by molar-refractivity contribution is 5.52. The first-order chi connectivity index (χ1) is 8.81. The number of imidazole rings is 1. The molecule has 0 spiro atoms. The molecule has 18 heavy (non-hydrogen) atoms. The molecule has 0 saturated heterocycles. The molecule has 0 bridgehead atoms. The van der Waals surface area contributed by atoms with Crippen LogP contribution in [0.15, 0.2) is 36.7 Å². The summed E-state index contributed by atoms with van der Waals surface area (Å²) < 4.78 is 2.32. The summed E-state index contributed by atoms with van der Waals surface area (Å²) in [7, 11) is 0. The molecular formula is C16H23N2+. The second-order valence-corrected chi connectivity index (χ2v) is 4.93. The molecule has 0 saturated carbocycles. The fourth-order valence-electron chi connectivity index (χ4n) is 2.22. The summed E-state index contributed by atoms with van der Waals surface area (Å²) in [6.45, 7) is 5.48. The second-order valence-electron chi connectivity index (χ2n) is 4.93. The number of nitrogens with zero attached hydrogens (tertiary/aromatic N) is 1. The molecule has 2 heteroatoms. The third-order valence-electron chi connectivity index (χ3n) is 3.34. The van der Waals surface area contributed by atoms with Crippen LogP contribution in [0.2, 0.25) is 0 Å². The monoisotopic (exact) mass is 243 g/mol. The van der Waals surface area contributed by atoms with Crippen LogP contribution >= 0.6 is 0 Å². The van der Waals surface area contributed by atoms with Gasteiger partial charge >= 0.3 is 0 Å². The standard InChI is InChI=1S/C16H22N2/c1-3-4-5-6-12-18-13-11-17-16(18)15-9-7-14(2)8-10-15/h7-11,13H,3-6,12H2,1-2H3/p+1. The van der Waals surface area contributed by atoms with Gasteiger partial charge in [0, 0.05) is 0 Å². The summed E-state index contributed by atoms with van der Waals surface area (Å²) in [5, 5.41) is 0. The molecular weight excluding hydrogens is 220 g/mol. The summed E-state index contributed by atoms with van der Waals surface area (Å²) in [5.41, 5.74) is 2.57. The summed E-state index contributed by atoms with van der Waals surface area (Å²) >= 11 is 0. The van der Waals surface area contributed by atoms with Crippen LogP contribution in [0.5, 0.6) is 0 Å². The van der Waals surface area contributed by atoms with Crippen molar-refractivity contribution in [1.29, 1.82) is 0 Å². The zero-order chi connectivity index (χ0) is 12.8. The molecule has 96 valence electrons. The molecule has 1 aromatic carbocycles. The highest BCUT2D eigenvalue weighted by atomic mass is 15.1. The smallest absolute Gasteiger partial charge is 0.243 e. The van der Waals surface area contributed by atoms with Gasteiger partial charge in [0.25, 0.3) is 5.82 Å². The van der Waals surface area contributed by atoms with Crippen LogP contribution < -0.4 is 4.57 Å². The minimum Gasteiger partial charge on any atom is -0.243 e. The van der Waals surface area contributed by atoms with Gasteiger partial charge < -0.3 is 0 Å². The van der Waals surface area contributed by atoms with Gasteiger partial charge in [-0.25, -0.2) is 9.55 Å². The Balaban J connectivity index is 2.05. The van der Waals surface area contributed by atoms with Crippen molar-refractivity contribution in [3.63, 3.8) is 0 Å². The molecule has 0 radical (unpaired) electrons. The molecule has 2 rings (SSSR count). The first kappa shape index (κ1) is 12.9. The summed E-state index contributed by atoms with van der Waals surface area (Å²) in [6, 6.07) is 8.70. The number of aryl methyl sites for hydroxylation is 2. The van der Waals surface area contributed by atoms with Gasteiger partial charge in [0.2, 0.25) is 0 Å². The van der Waals surface area contributed by atoms with Crippen LogP contribution in [-0.4, -0.2) is 4.98 Å². The van der Waals surface area contributed by atoms with Crippen molar-refractivity contribution in [1.82, 2.24) is 4.98 Å². The maximum Gasteiger partial charge on any atom is 0.286 e. The molecule has 0 amide bonds. The average molecular weight is 243 g/mol. The van der Waals surface area contributed by atoms with Crippen LogP contribution in [0.25, 0.3) is 11.4 Å². The lowest BCUT2D eigenvalue weighted by atomic mass is 10.1. The summed E-state index contributed by atoms with van der Waals surface area (Å²) in [4.78, 5) is 3.35. The molecule has 0 aliphatic carbocycles. The van der Waals surface area contributed by atoms with E-state index in [1.54, 1.807) is 0 Å². The number of hydrogen-bond donors (Lipinski definition) is 1. The van der Waals surface area contributed by atoms with E-state index >= 15 is 0 Å². The summed E-state index contributed by atoms with van der Waals surface area (Å²) in [5.74, 6) is 1.21. The number of H-pyrrole nitrogens is 1. The normalized spacial score (nSPS) is 10.8. The van der Waals surface area contributed by atoms with Gasteiger partial charge in [0.15, 0.2) is 0 Å². The Labute approximate surface area is 110 Å². The van der Waals surface area contributed by atoms with Crippen molar-refractivity contribution >= 4 is 0 Å². The maximum atomic E-state index is 3.35. The van der Waals surface area contributed by atoms with E-state index in [-0.39, 0.29) is 0 Å². The number of aromatic nitrogens is 2. The number of hydrogen-bond acceptors (Lipinski definition) is 0. The Morgan fingerprint density at radius 1 is 1.06 bits per heavy atom. The average Bonchev–Trinajstić information content (AvgIpc) is 2.84. The number of unbranched alkanes of at least 4 members (excludes halogenated alkanes) is 3. The zero-order valence-electron chi connectivity index (χ0n) is 11.4. The molecule has 2 aromatic rings. The van der Waals surface area contributed by atoms with Crippen molar-refractivity contribution in [2.45, 2.75) is 46.1 Å². The van der Waals surface area contributed by atoms with Crippen molar-refractivity contribution < 1.29 is 4.57 Å². The van der Waals surface area contributed by atoms with E-state index < -0.39 is 0 Å². The van der Waals surface area contributed by atoms with Crippen LogP contribution in [0.3, 0.4) is 0 Å². The van der Waals surface area contributed by atoms with Crippen LogP contribution in [0, 0.1) is 6.92 Å². The predicted molar refractivity (Wildman–Crippen MR) is 75.3 cm³/mol. The Hall–Kier alpha value is -1.57. The number of rotatable bonds is 6. The third kappa shape index (κ3) is 3.22. The zero-order valence-corrected chi connectivity index (χ0v) is 11.4. The number of benzene rings is 1. The minimum atomic E-state index is 1.10. The molecule has 2 nitrogen and oxygen atoms in total. The van der Waals surface area contributed by atoms with Crippen molar-refractivity contribution in [2.24, 2.45) is 0 Å². The van der Waals surface area contributed by atoms with E-state index in [9.17, 15) is 0 Å². The van der Waals surface area contributed by atoms with Gasteiger partial charge in [0.05, 0.1) is 12.1 Å². The van der Waals surface area contributed by atoms with Gasteiger partial charge in [-0.05, 0) is 31.9 Å². The quantitative estimate of drug-likeness (QED) is 0.587. The van der Waals surface area contributed by atoms with Crippen molar-refractivity contribution in [3.05, 3.63) is 42.2 Å². The molecule has 0 fully saturated rings. The Morgan fingerprint density at radius 2 is 1.83 bits per heavy atom. The SMILES string of the molecule is CCCCCC[n+]1cc[nH]c1-c1ccc(C)cc1. The lowest BCUT2D eigenvalue weighted by molar-refractivity contribution is -0.685. The van der Waals surface area contributed by atoms with Crippen LogP contribution in [-0.2, 0) is 6.54 Å². The minimum absolute atomic E-state index is 1.10. The van der Waals surface area contributed by atoms with E-state index in [0.717, 1.165) is 6.54 Å². The Kier molecular flexibility index (Phi) is 4.57. The third-order valence-corrected chi connectivity index (χ3v) is 3.34. The number of nitrogens with one attached hydrogen (secondary N) is 1. The maximum absolute atomic E-state index is 3.35. The fourth-order valence-corrected chi connectivity index (χ4v) is 2.22. The highest BCUT2D eigenvalue weighted by Crippen LogP contribution is 2.14. The number of aromatic amines is 1. The van der Waals surface area contributed by atoms with Crippen molar-refractivity contribution in [2.75, 3.05) is 0 Å². The van der Waals surface area contributed by atoms with E-state index in [1.165, 1.54) is 42.6 Å². The van der Waals surface area contributed by atoms with E-state index in [2.05, 4.69) is 53.9 Å². The van der Waals surface area contributed by atoms with Crippen molar-refractivity contribution in [3.8, 4) is 11.4 Å².